The number of imidazole rings is 1. The van der Waals surface area contributed by atoms with Gasteiger partial charge < -0.3 is 15.0 Å². The lowest BCUT2D eigenvalue weighted by Gasteiger charge is -2.41. The number of carbonyl (C=O) groups excluding carboxylic acids is 1. The Morgan fingerprint density at radius 2 is 1.86 bits per heavy atom. The summed E-state index contributed by atoms with van der Waals surface area (Å²) < 4.78 is 32.2. The van der Waals surface area contributed by atoms with Crippen LogP contribution in [-0.2, 0) is 16.6 Å². The Morgan fingerprint density at radius 3 is 2.59 bits per heavy atom. The van der Waals surface area contributed by atoms with E-state index >= 15 is 0 Å². The number of thiazole rings is 1. The fourth-order valence-electron chi connectivity index (χ4n) is 3.91. The molecule has 37 heavy (non-hydrogen) atoms. The summed E-state index contributed by atoms with van der Waals surface area (Å²) in [7, 11) is -3.36. The maximum absolute atomic E-state index is 12.6. The summed E-state index contributed by atoms with van der Waals surface area (Å²) in [5.74, 6) is 1.07. The quantitative estimate of drug-likeness (QED) is 0.334. The average Bonchev–Trinajstić information content (AvgIpc) is 3.52. The molecule has 0 atom stereocenters. The topological polar surface area (TPSA) is 118 Å². The number of rotatable bonds is 9. The van der Waals surface area contributed by atoms with Gasteiger partial charge in [0, 0.05) is 49.2 Å². The van der Waals surface area contributed by atoms with Crippen LogP contribution in [-0.4, -0.2) is 54.9 Å². The lowest BCUT2D eigenvalue weighted by Crippen LogP contribution is -2.51. The molecule has 5 rings (SSSR count). The average molecular weight is 539 g/mol. The molecule has 1 aliphatic rings. The Balaban J connectivity index is 1.09. The van der Waals surface area contributed by atoms with Crippen molar-refractivity contribution in [3.8, 4) is 17.0 Å². The minimum atomic E-state index is -3.36. The molecule has 2 aromatic carbocycles. The van der Waals surface area contributed by atoms with Gasteiger partial charge in [0.2, 0.25) is 10.0 Å². The fraction of sp³-hybridized carbons (Fsp3) is 0.240. The van der Waals surface area contributed by atoms with Crippen LogP contribution in [0.2, 0.25) is 0 Å². The Labute approximate surface area is 219 Å². The van der Waals surface area contributed by atoms with Crippen molar-refractivity contribution in [2.45, 2.75) is 6.61 Å². The van der Waals surface area contributed by atoms with Gasteiger partial charge in [-0.25, -0.2) is 23.2 Å². The predicted octanol–water partition coefficient (Wildman–Crippen LogP) is 3.65. The standard InChI is InChI=1S/C25H26N6O4S2/c1-37(33,34)29-24-26-12-22(36-24)16-35-21-9-7-19(8-10-21)23-15-31(17-28-23)25(32)27-11-18-13-30(14-18)20-5-3-2-4-6-20/h2-10,12,15,17-18H,11,13-14,16H2,1H3,(H,26,29)(H,27,32). The number of nitrogens with one attached hydrogen (secondary N) is 2. The van der Waals surface area contributed by atoms with E-state index in [-0.39, 0.29) is 12.6 Å². The number of anilines is 2. The molecule has 4 aromatic rings. The molecule has 1 amide bonds. The number of benzene rings is 2. The number of ether oxygens (including phenoxy) is 1. The van der Waals surface area contributed by atoms with Crippen molar-refractivity contribution >= 4 is 38.2 Å². The Bertz CT molecular complexity index is 1460. The second kappa shape index (κ2) is 10.6. The number of hydrogen-bond acceptors (Lipinski definition) is 8. The van der Waals surface area contributed by atoms with E-state index in [1.807, 2.05) is 42.5 Å². The molecular formula is C25H26N6O4S2. The van der Waals surface area contributed by atoms with E-state index in [1.54, 1.807) is 12.4 Å². The summed E-state index contributed by atoms with van der Waals surface area (Å²) >= 11 is 1.21. The summed E-state index contributed by atoms with van der Waals surface area (Å²) in [6.07, 6.45) is 5.87. The molecule has 0 bridgehead atoms. The van der Waals surface area contributed by atoms with Gasteiger partial charge in [-0.3, -0.25) is 9.29 Å². The summed E-state index contributed by atoms with van der Waals surface area (Å²) in [5, 5.41) is 3.29. The molecule has 12 heteroatoms. The first-order valence-electron chi connectivity index (χ1n) is 11.6. The summed E-state index contributed by atoms with van der Waals surface area (Å²) in [6, 6.07) is 17.4. The monoisotopic (exact) mass is 538 g/mol. The Morgan fingerprint density at radius 1 is 1.11 bits per heavy atom. The SMILES string of the molecule is CS(=O)(=O)Nc1ncc(COc2ccc(-c3cn(C(=O)NCC4CN(c5ccccc5)C4)cn3)cc2)s1. The van der Waals surface area contributed by atoms with Gasteiger partial charge in [-0.2, -0.15) is 0 Å². The molecule has 1 saturated heterocycles. The minimum Gasteiger partial charge on any atom is -0.488 e. The van der Waals surface area contributed by atoms with Gasteiger partial charge in [-0.15, -0.1) is 0 Å². The maximum Gasteiger partial charge on any atom is 0.326 e. The zero-order chi connectivity index (χ0) is 25.8. The fourth-order valence-corrected chi connectivity index (χ4v) is 5.48. The van der Waals surface area contributed by atoms with Crippen molar-refractivity contribution in [1.82, 2.24) is 19.9 Å². The van der Waals surface area contributed by atoms with Crippen LogP contribution >= 0.6 is 11.3 Å². The highest BCUT2D eigenvalue weighted by molar-refractivity contribution is 7.92. The van der Waals surface area contributed by atoms with Crippen LogP contribution in [0.5, 0.6) is 5.75 Å². The smallest absolute Gasteiger partial charge is 0.326 e. The van der Waals surface area contributed by atoms with Gasteiger partial charge >= 0.3 is 6.03 Å². The molecule has 0 saturated carbocycles. The molecule has 192 valence electrons. The van der Waals surface area contributed by atoms with Crippen molar-refractivity contribution in [3.05, 3.63) is 78.2 Å². The number of para-hydroxylation sites is 1. The molecule has 10 nitrogen and oxygen atoms in total. The van der Waals surface area contributed by atoms with E-state index in [1.165, 1.54) is 27.9 Å². The van der Waals surface area contributed by atoms with Crippen molar-refractivity contribution in [2.24, 2.45) is 5.92 Å². The molecule has 0 aliphatic carbocycles. The van der Waals surface area contributed by atoms with E-state index in [0.29, 0.717) is 29.0 Å². The third kappa shape index (κ3) is 6.46. The summed E-state index contributed by atoms with van der Waals surface area (Å²) in [6.45, 7) is 2.74. The highest BCUT2D eigenvalue weighted by Gasteiger charge is 2.27. The molecular weight excluding hydrogens is 512 g/mol. The van der Waals surface area contributed by atoms with Crippen molar-refractivity contribution < 1.29 is 17.9 Å². The first-order chi connectivity index (χ1) is 17.8. The lowest BCUT2D eigenvalue weighted by molar-refractivity contribution is 0.238. The number of hydrogen-bond donors (Lipinski definition) is 2. The molecule has 3 heterocycles. The Hall–Kier alpha value is -3.90. The second-order valence-electron chi connectivity index (χ2n) is 8.78. The van der Waals surface area contributed by atoms with Gasteiger partial charge in [-0.1, -0.05) is 29.5 Å². The van der Waals surface area contributed by atoms with Gasteiger partial charge in [0.15, 0.2) is 5.13 Å². The van der Waals surface area contributed by atoms with E-state index in [0.717, 1.165) is 29.8 Å². The second-order valence-corrected chi connectivity index (χ2v) is 11.6. The van der Waals surface area contributed by atoms with Crippen LogP contribution in [0.3, 0.4) is 0 Å². The summed E-state index contributed by atoms with van der Waals surface area (Å²) in [4.78, 5) is 24.1. The van der Waals surface area contributed by atoms with Crippen molar-refractivity contribution in [3.63, 3.8) is 0 Å². The molecule has 2 N–H and O–H groups in total. The van der Waals surface area contributed by atoms with Gasteiger partial charge in [0.25, 0.3) is 0 Å². The first-order valence-corrected chi connectivity index (χ1v) is 14.3. The van der Waals surface area contributed by atoms with E-state index < -0.39 is 10.0 Å². The van der Waals surface area contributed by atoms with E-state index in [2.05, 4.69) is 37.0 Å². The minimum absolute atomic E-state index is 0.203. The third-order valence-corrected chi connectivity index (χ3v) is 7.37. The van der Waals surface area contributed by atoms with E-state index in [9.17, 15) is 13.2 Å². The highest BCUT2D eigenvalue weighted by Crippen LogP contribution is 2.25. The number of sulfonamides is 1. The molecule has 0 spiro atoms. The van der Waals surface area contributed by atoms with E-state index in [4.69, 9.17) is 4.74 Å². The van der Waals surface area contributed by atoms with Crippen molar-refractivity contribution in [2.75, 3.05) is 35.5 Å². The van der Waals surface area contributed by atoms with Crippen LogP contribution in [0.4, 0.5) is 15.6 Å². The van der Waals surface area contributed by atoms with Crippen LogP contribution in [0.15, 0.2) is 73.3 Å². The molecule has 1 aliphatic heterocycles. The zero-order valence-corrected chi connectivity index (χ0v) is 21.7. The number of amides is 1. The van der Waals surface area contributed by atoms with Crippen LogP contribution in [0.1, 0.15) is 4.88 Å². The zero-order valence-electron chi connectivity index (χ0n) is 20.1. The number of aromatic nitrogens is 3. The van der Waals surface area contributed by atoms with Gasteiger partial charge in [0.1, 0.15) is 18.7 Å². The predicted molar refractivity (Wildman–Crippen MR) is 144 cm³/mol. The molecule has 0 unspecified atom stereocenters. The summed E-state index contributed by atoms with van der Waals surface area (Å²) in [5.41, 5.74) is 2.74. The van der Waals surface area contributed by atoms with Crippen molar-refractivity contribution in [1.29, 1.82) is 0 Å². The third-order valence-electron chi connectivity index (χ3n) is 5.80. The lowest BCUT2D eigenvalue weighted by atomic mass is 9.99. The molecule has 0 radical (unpaired) electrons. The van der Waals surface area contributed by atoms with Crippen LogP contribution in [0, 0.1) is 5.92 Å². The van der Waals surface area contributed by atoms with Gasteiger partial charge in [0.05, 0.1) is 16.8 Å². The maximum atomic E-state index is 12.6. The highest BCUT2D eigenvalue weighted by atomic mass is 32.2. The van der Waals surface area contributed by atoms with Crippen LogP contribution < -0.4 is 19.7 Å². The van der Waals surface area contributed by atoms with Crippen LogP contribution in [0.25, 0.3) is 11.3 Å². The first kappa shape index (κ1) is 24.8. The van der Waals surface area contributed by atoms with Gasteiger partial charge in [-0.05, 0) is 36.4 Å². The normalized spacial score (nSPS) is 13.7. The largest absolute Gasteiger partial charge is 0.488 e. The number of nitrogens with zero attached hydrogens (tertiary/aromatic N) is 4. The number of carbonyl (C=O) groups is 1. The molecule has 2 aromatic heterocycles. The Kier molecular flexibility index (Phi) is 7.10. The molecule has 1 fully saturated rings.